The molecule has 0 bridgehead atoms. The van der Waals surface area contributed by atoms with Crippen molar-refractivity contribution >= 4 is 0 Å². The van der Waals surface area contributed by atoms with Gasteiger partial charge in [0, 0.05) is 0 Å². The van der Waals surface area contributed by atoms with Gasteiger partial charge >= 0.3 is 0 Å². The van der Waals surface area contributed by atoms with E-state index in [-0.39, 0.29) is 6.10 Å². The highest BCUT2D eigenvalue weighted by Crippen LogP contribution is 2.33. The summed E-state index contributed by atoms with van der Waals surface area (Å²) in [6.45, 7) is 3.37. The smallest absolute Gasteiger partial charge is 0.262 e. The van der Waals surface area contributed by atoms with Crippen molar-refractivity contribution in [1.82, 2.24) is 25.1 Å². The van der Waals surface area contributed by atoms with Gasteiger partial charge in [0.05, 0.1) is 38.1 Å². The molecule has 0 fully saturated rings. The first-order valence-corrected chi connectivity index (χ1v) is 10.0. The molecule has 2 aromatic heterocycles. The molecule has 0 saturated heterocycles. The highest BCUT2D eigenvalue weighted by Gasteiger charge is 2.28. The molecule has 0 saturated carbocycles. The second-order valence-corrected chi connectivity index (χ2v) is 6.99. The summed E-state index contributed by atoms with van der Waals surface area (Å²) in [4.78, 5) is 4.53. The molecule has 2 aromatic carbocycles. The molecule has 9 heteroatoms. The van der Waals surface area contributed by atoms with Crippen molar-refractivity contribution in [3.63, 3.8) is 0 Å². The maximum atomic E-state index is 6.08. The van der Waals surface area contributed by atoms with E-state index in [1.54, 1.807) is 7.11 Å². The zero-order valence-electron chi connectivity index (χ0n) is 17.2. The minimum atomic E-state index is -0.119. The normalized spacial score (nSPS) is 15.5. The third-order valence-electron chi connectivity index (χ3n) is 5.14. The van der Waals surface area contributed by atoms with E-state index in [2.05, 4.69) is 20.5 Å². The number of nitrogens with zero attached hydrogens (tertiary/aromatic N) is 5. The average Bonchev–Trinajstić information content (AvgIpc) is 3.46. The average molecular weight is 419 g/mol. The Balaban J connectivity index is 1.39. The van der Waals surface area contributed by atoms with Crippen LogP contribution in [-0.2, 0) is 17.9 Å². The quantitative estimate of drug-likeness (QED) is 0.467. The van der Waals surface area contributed by atoms with Crippen molar-refractivity contribution in [3.05, 3.63) is 59.8 Å². The van der Waals surface area contributed by atoms with Gasteiger partial charge in [0.2, 0.25) is 5.82 Å². The van der Waals surface area contributed by atoms with Crippen LogP contribution in [0.2, 0.25) is 0 Å². The van der Waals surface area contributed by atoms with Crippen LogP contribution in [0.5, 0.6) is 11.5 Å². The molecule has 0 amide bonds. The molecule has 9 nitrogen and oxygen atoms in total. The molecule has 3 heterocycles. The fourth-order valence-electron chi connectivity index (χ4n) is 3.56. The van der Waals surface area contributed by atoms with E-state index in [9.17, 15) is 0 Å². The maximum absolute atomic E-state index is 6.08. The second kappa shape index (κ2) is 8.19. The van der Waals surface area contributed by atoms with Crippen molar-refractivity contribution in [3.8, 4) is 34.5 Å². The van der Waals surface area contributed by atoms with Crippen LogP contribution in [0.15, 0.2) is 53.1 Å². The molecule has 0 radical (unpaired) electrons. The summed E-state index contributed by atoms with van der Waals surface area (Å²) in [5.74, 6) is 2.24. The summed E-state index contributed by atoms with van der Waals surface area (Å²) in [5, 5.41) is 12.7. The molecule has 0 N–H and O–H groups in total. The van der Waals surface area contributed by atoms with Crippen molar-refractivity contribution in [2.24, 2.45) is 0 Å². The number of hydrogen-bond donors (Lipinski definition) is 0. The van der Waals surface area contributed by atoms with Crippen molar-refractivity contribution in [1.29, 1.82) is 0 Å². The summed E-state index contributed by atoms with van der Waals surface area (Å²) >= 11 is 0. The Morgan fingerprint density at radius 1 is 1.13 bits per heavy atom. The van der Waals surface area contributed by atoms with Crippen LogP contribution in [0.25, 0.3) is 23.0 Å². The SMILES string of the molecule is CCOc1ccccc1-c1nc(-c2nnn3c2CO[C@@H](c2ccc(OC)cc2)C3)no1. The third-order valence-corrected chi connectivity index (χ3v) is 5.14. The molecular weight excluding hydrogens is 398 g/mol. The number of rotatable bonds is 6. The monoisotopic (exact) mass is 419 g/mol. The van der Waals surface area contributed by atoms with E-state index in [1.807, 2.05) is 60.1 Å². The first kappa shape index (κ1) is 19.3. The van der Waals surface area contributed by atoms with Gasteiger partial charge in [-0.3, -0.25) is 0 Å². The summed E-state index contributed by atoms with van der Waals surface area (Å²) in [5.41, 5.74) is 3.16. The van der Waals surface area contributed by atoms with E-state index in [1.165, 1.54) is 0 Å². The lowest BCUT2D eigenvalue weighted by Gasteiger charge is -2.24. The first-order valence-electron chi connectivity index (χ1n) is 10.0. The van der Waals surface area contributed by atoms with Gasteiger partial charge in [-0.2, -0.15) is 4.98 Å². The minimum Gasteiger partial charge on any atom is -0.497 e. The van der Waals surface area contributed by atoms with E-state index in [0.717, 1.165) is 22.6 Å². The standard InChI is InChI=1S/C22H21N5O4/c1-3-29-18-7-5-4-6-16(18)22-23-21(25-31-22)20-17-13-30-19(12-27(17)26-24-20)14-8-10-15(28-2)11-9-14/h4-11,19H,3,12-13H2,1-2H3/t19-/m1/s1. The summed E-state index contributed by atoms with van der Waals surface area (Å²) in [6.07, 6.45) is -0.119. The molecule has 0 unspecified atom stereocenters. The summed E-state index contributed by atoms with van der Waals surface area (Å²) in [6, 6.07) is 15.4. The highest BCUT2D eigenvalue weighted by atomic mass is 16.5. The third kappa shape index (κ3) is 3.64. The van der Waals surface area contributed by atoms with Gasteiger partial charge in [-0.05, 0) is 36.8 Å². The van der Waals surface area contributed by atoms with E-state index in [4.69, 9.17) is 18.7 Å². The van der Waals surface area contributed by atoms with Gasteiger partial charge in [-0.25, -0.2) is 4.68 Å². The fourth-order valence-corrected chi connectivity index (χ4v) is 3.56. The fraction of sp³-hybridized carbons (Fsp3) is 0.273. The Morgan fingerprint density at radius 3 is 2.77 bits per heavy atom. The van der Waals surface area contributed by atoms with Gasteiger partial charge < -0.3 is 18.7 Å². The zero-order valence-corrected chi connectivity index (χ0v) is 17.2. The number of methoxy groups -OCH3 is 1. The molecule has 158 valence electrons. The highest BCUT2D eigenvalue weighted by molar-refractivity contribution is 5.64. The van der Waals surface area contributed by atoms with Crippen LogP contribution < -0.4 is 9.47 Å². The van der Waals surface area contributed by atoms with Crippen molar-refractivity contribution < 1.29 is 18.7 Å². The van der Waals surface area contributed by atoms with Gasteiger partial charge in [0.1, 0.15) is 17.6 Å². The second-order valence-electron chi connectivity index (χ2n) is 6.99. The number of hydrogen-bond acceptors (Lipinski definition) is 8. The molecule has 5 rings (SSSR count). The van der Waals surface area contributed by atoms with Crippen LogP contribution in [0.3, 0.4) is 0 Å². The summed E-state index contributed by atoms with van der Waals surface area (Å²) in [7, 11) is 1.65. The Bertz CT molecular complexity index is 1180. The van der Waals surface area contributed by atoms with Gasteiger partial charge in [0.15, 0.2) is 5.69 Å². The van der Waals surface area contributed by atoms with Crippen LogP contribution in [-0.4, -0.2) is 38.9 Å². The molecule has 0 spiro atoms. The topological polar surface area (TPSA) is 97.3 Å². The molecule has 1 aliphatic heterocycles. The van der Waals surface area contributed by atoms with Gasteiger partial charge in [0.25, 0.3) is 5.89 Å². The Morgan fingerprint density at radius 2 is 1.97 bits per heavy atom. The number of benzene rings is 2. The molecule has 1 aliphatic rings. The molecule has 4 aromatic rings. The van der Waals surface area contributed by atoms with Crippen LogP contribution >= 0.6 is 0 Å². The molecule has 1 atom stereocenters. The Kier molecular flexibility index (Phi) is 5.09. The van der Waals surface area contributed by atoms with Crippen LogP contribution in [0.4, 0.5) is 0 Å². The van der Waals surface area contributed by atoms with Crippen LogP contribution in [0.1, 0.15) is 24.3 Å². The minimum absolute atomic E-state index is 0.119. The van der Waals surface area contributed by atoms with E-state index in [0.29, 0.717) is 42.9 Å². The number of fused-ring (bicyclic) bond motifs is 1. The largest absolute Gasteiger partial charge is 0.497 e. The van der Waals surface area contributed by atoms with Crippen molar-refractivity contribution in [2.45, 2.75) is 26.2 Å². The van der Waals surface area contributed by atoms with Gasteiger partial charge in [-0.1, -0.05) is 34.6 Å². The van der Waals surface area contributed by atoms with Crippen molar-refractivity contribution in [2.75, 3.05) is 13.7 Å². The maximum Gasteiger partial charge on any atom is 0.262 e. The van der Waals surface area contributed by atoms with E-state index >= 15 is 0 Å². The Labute approximate surface area is 178 Å². The summed E-state index contributed by atoms with van der Waals surface area (Å²) < 4.78 is 24.3. The lowest BCUT2D eigenvalue weighted by Crippen LogP contribution is -2.22. The zero-order chi connectivity index (χ0) is 21.2. The molecule has 31 heavy (non-hydrogen) atoms. The molecule has 0 aliphatic carbocycles. The lowest BCUT2D eigenvalue weighted by atomic mass is 10.1. The van der Waals surface area contributed by atoms with Gasteiger partial charge in [-0.15, -0.1) is 5.10 Å². The molecular formula is C22H21N5O4. The number of ether oxygens (including phenoxy) is 3. The number of aromatic nitrogens is 5. The number of para-hydroxylation sites is 1. The Hall–Kier alpha value is -3.72. The first-order chi connectivity index (χ1) is 15.3. The predicted octanol–water partition coefficient (Wildman–Crippen LogP) is 3.67. The van der Waals surface area contributed by atoms with E-state index < -0.39 is 0 Å². The van der Waals surface area contributed by atoms with Crippen LogP contribution in [0, 0.1) is 0 Å². The predicted molar refractivity (Wildman–Crippen MR) is 110 cm³/mol. The lowest BCUT2D eigenvalue weighted by molar-refractivity contribution is -0.00114.